The summed E-state index contributed by atoms with van der Waals surface area (Å²) in [5.74, 6) is -2.10. The quantitative estimate of drug-likeness (QED) is 0.859. The molecule has 0 atom stereocenters. The third-order valence-corrected chi connectivity index (χ3v) is 2.38. The zero-order valence-electron chi connectivity index (χ0n) is 9.56. The molecule has 19 heavy (non-hydrogen) atoms. The highest BCUT2D eigenvalue weighted by molar-refractivity contribution is 6.04. The van der Waals surface area contributed by atoms with Gasteiger partial charge in [-0.2, -0.15) is 0 Å². The fraction of sp³-hybridized carbons (Fsp3) is 0. The Morgan fingerprint density at radius 1 is 1.11 bits per heavy atom. The third kappa shape index (κ3) is 2.98. The minimum absolute atomic E-state index is 0.0641. The average molecular weight is 262 g/mol. The Labute approximate surface area is 107 Å². The molecule has 0 spiro atoms. The van der Waals surface area contributed by atoms with Crippen LogP contribution in [0, 0.1) is 16.5 Å². The number of amides is 1. The molecule has 0 saturated heterocycles. The number of benzene rings is 2. The van der Waals surface area contributed by atoms with Crippen LogP contribution in [0.1, 0.15) is 10.4 Å². The van der Waals surface area contributed by atoms with Gasteiger partial charge in [-0.3, -0.25) is 4.79 Å². The van der Waals surface area contributed by atoms with Crippen molar-refractivity contribution in [1.82, 2.24) is 0 Å². The highest BCUT2D eigenvalue weighted by Crippen LogP contribution is 2.19. The van der Waals surface area contributed by atoms with Crippen LogP contribution in [0.3, 0.4) is 0 Å². The van der Waals surface area contributed by atoms with Gasteiger partial charge < -0.3 is 5.32 Å². The van der Waals surface area contributed by atoms with Crippen LogP contribution in [0.4, 0.5) is 20.2 Å². The molecular weight excluding hydrogens is 254 g/mol. The van der Waals surface area contributed by atoms with Crippen LogP contribution in [-0.4, -0.2) is 5.91 Å². The van der Waals surface area contributed by atoms with Gasteiger partial charge in [0.05, 0.1) is 5.56 Å². The first-order chi connectivity index (χ1) is 9.10. The lowest BCUT2D eigenvalue weighted by Gasteiger charge is -2.06. The Bertz CT molecular complexity index is 644. The van der Waals surface area contributed by atoms with Crippen LogP contribution in [0.15, 0.2) is 47.6 Å². The molecule has 2 rings (SSSR count). The molecular formula is C13H8F2N2O2. The number of carbonyl (C=O) groups is 1. The third-order valence-electron chi connectivity index (χ3n) is 2.38. The molecule has 0 aromatic heterocycles. The number of halogens is 2. The Kier molecular flexibility index (Phi) is 3.61. The molecule has 0 aliphatic heterocycles. The summed E-state index contributed by atoms with van der Waals surface area (Å²) in [7, 11) is 0. The van der Waals surface area contributed by atoms with Gasteiger partial charge in [-0.05, 0) is 41.6 Å². The maximum Gasteiger partial charge on any atom is 0.258 e. The molecule has 1 N–H and O–H groups in total. The van der Waals surface area contributed by atoms with E-state index in [1.165, 1.54) is 18.2 Å². The normalized spacial score (nSPS) is 10.0. The van der Waals surface area contributed by atoms with Crippen molar-refractivity contribution in [3.8, 4) is 0 Å². The molecule has 4 nitrogen and oxygen atoms in total. The van der Waals surface area contributed by atoms with E-state index in [-0.39, 0.29) is 16.9 Å². The molecule has 0 aliphatic carbocycles. The van der Waals surface area contributed by atoms with E-state index in [1.54, 1.807) is 0 Å². The van der Waals surface area contributed by atoms with Gasteiger partial charge in [0.15, 0.2) is 0 Å². The number of hydrogen-bond acceptors (Lipinski definition) is 3. The number of nitrogens with one attached hydrogen (secondary N) is 1. The molecule has 0 bridgehead atoms. The van der Waals surface area contributed by atoms with Crippen LogP contribution < -0.4 is 5.32 Å². The molecule has 1 amide bonds. The lowest BCUT2D eigenvalue weighted by atomic mass is 10.1. The van der Waals surface area contributed by atoms with Gasteiger partial charge in [0.1, 0.15) is 17.3 Å². The molecule has 0 radical (unpaired) electrons. The maximum absolute atomic E-state index is 13.5. The second kappa shape index (κ2) is 5.34. The van der Waals surface area contributed by atoms with Crippen molar-refractivity contribution < 1.29 is 13.6 Å². The molecule has 0 unspecified atom stereocenters. The van der Waals surface area contributed by atoms with Crippen molar-refractivity contribution in [1.29, 1.82) is 0 Å². The van der Waals surface area contributed by atoms with E-state index in [0.29, 0.717) is 0 Å². The Morgan fingerprint density at radius 2 is 1.89 bits per heavy atom. The Hall–Kier alpha value is -2.63. The van der Waals surface area contributed by atoms with Gasteiger partial charge in [-0.15, -0.1) is 4.91 Å². The second-order valence-electron chi connectivity index (χ2n) is 3.72. The van der Waals surface area contributed by atoms with Gasteiger partial charge in [-0.25, -0.2) is 8.78 Å². The van der Waals surface area contributed by atoms with Crippen molar-refractivity contribution in [2.24, 2.45) is 5.18 Å². The smallest absolute Gasteiger partial charge is 0.258 e. The van der Waals surface area contributed by atoms with Gasteiger partial charge in [0.25, 0.3) is 5.91 Å². The molecule has 0 aliphatic rings. The second-order valence-corrected chi connectivity index (χ2v) is 3.72. The summed E-state index contributed by atoms with van der Waals surface area (Å²) in [6.07, 6.45) is 0. The molecule has 0 fully saturated rings. The molecule has 2 aromatic carbocycles. The summed E-state index contributed by atoms with van der Waals surface area (Å²) in [5.41, 5.74) is -0.207. The molecule has 96 valence electrons. The van der Waals surface area contributed by atoms with Crippen LogP contribution in [0.2, 0.25) is 0 Å². The predicted molar refractivity (Wildman–Crippen MR) is 66.2 cm³/mol. The summed E-state index contributed by atoms with van der Waals surface area (Å²) in [6, 6.07) is 8.33. The minimum Gasteiger partial charge on any atom is -0.322 e. The van der Waals surface area contributed by atoms with E-state index in [0.717, 1.165) is 24.3 Å². The minimum atomic E-state index is -0.790. The van der Waals surface area contributed by atoms with Crippen molar-refractivity contribution >= 4 is 17.3 Å². The monoisotopic (exact) mass is 262 g/mol. The van der Waals surface area contributed by atoms with E-state index in [2.05, 4.69) is 10.5 Å². The van der Waals surface area contributed by atoms with E-state index in [1.807, 2.05) is 0 Å². The summed E-state index contributed by atoms with van der Waals surface area (Å²) >= 11 is 0. The van der Waals surface area contributed by atoms with E-state index in [9.17, 15) is 18.5 Å². The zero-order chi connectivity index (χ0) is 13.8. The predicted octanol–water partition coefficient (Wildman–Crippen LogP) is 3.62. The SMILES string of the molecule is O=Nc1ccc(F)c(C(=O)Nc2cccc(F)c2)c1. The topological polar surface area (TPSA) is 58.5 Å². The molecule has 0 heterocycles. The first-order valence-electron chi connectivity index (χ1n) is 5.30. The number of nitrogens with zero attached hydrogens (tertiary/aromatic N) is 1. The van der Waals surface area contributed by atoms with E-state index >= 15 is 0 Å². The molecule has 6 heteroatoms. The highest BCUT2D eigenvalue weighted by Gasteiger charge is 2.13. The summed E-state index contributed by atoms with van der Waals surface area (Å²) in [6.45, 7) is 0. The average Bonchev–Trinajstić information content (AvgIpc) is 2.39. The number of hydrogen-bond donors (Lipinski definition) is 1. The Morgan fingerprint density at radius 3 is 2.58 bits per heavy atom. The highest BCUT2D eigenvalue weighted by atomic mass is 19.1. The summed E-state index contributed by atoms with van der Waals surface area (Å²) < 4.78 is 26.4. The number of anilines is 1. The maximum atomic E-state index is 13.5. The van der Waals surface area contributed by atoms with Crippen LogP contribution in [0.5, 0.6) is 0 Å². The first-order valence-corrected chi connectivity index (χ1v) is 5.30. The van der Waals surface area contributed by atoms with Crippen LogP contribution in [-0.2, 0) is 0 Å². The fourth-order valence-electron chi connectivity index (χ4n) is 1.51. The lowest BCUT2D eigenvalue weighted by molar-refractivity contribution is 0.102. The Balaban J connectivity index is 2.27. The van der Waals surface area contributed by atoms with Crippen molar-refractivity contribution in [2.75, 3.05) is 5.32 Å². The fourth-order valence-corrected chi connectivity index (χ4v) is 1.51. The number of rotatable bonds is 3. The summed E-state index contributed by atoms with van der Waals surface area (Å²) in [5, 5.41) is 4.95. The van der Waals surface area contributed by atoms with E-state index in [4.69, 9.17) is 0 Å². The van der Waals surface area contributed by atoms with E-state index < -0.39 is 17.5 Å². The zero-order valence-corrected chi connectivity index (χ0v) is 9.56. The van der Waals surface area contributed by atoms with Crippen molar-refractivity contribution in [3.05, 3.63) is 64.6 Å². The van der Waals surface area contributed by atoms with Gasteiger partial charge >= 0.3 is 0 Å². The van der Waals surface area contributed by atoms with Crippen LogP contribution in [0.25, 0.3) is 0 Å². The van der Waals surface area contributed by atoms with Gasteiger partial charge in [0.2, 0.25) is 0 Å². The van der Waals surface area contributed by atoms with Crippen LogP contribution >= 0.6 is 0 Å². The lowest BCUT2D eigenvalue weighted by Crippen LogP contribution is -2.13. The first kappa shape index (κ1) is 12.8. The molecule has 2 aromatic rings. The van der Waals surface area contributed by atoms with Crippen molar-refractivity contribution in [2.45, 2.75) is 0 Å². The number of nitroso groups, excluding NO2 is 1. The van der Waals surface area contributed by atoms with Gasteiger partial charge in [0, 0.05) is 5.69 Å². The molecule has 0 saturated carbocycles. The standard InChI is InChI=1S/C13H8F2N2O2/c14-8-2-1-3-9(6-8)16-13(18)11-7-10(17-19)4-5-12(11)15/h1-7H,(H,16,18). The van der Waals surface area contributed by atoms with Crippen molar-refractivity contribution in [3.63, 3.8) is 0 Å². The summed E-state index contributed by atoms with van der Waals surface area (Å²) in [4.78, 5) is 22.1. The largest absolute Gasteiger partial charge is 0.322 e. The number of carbonyl (C=O) groups excluding carboxylic acids is 1. The van der Waals surface area contributed by atoms with Gasteiger partial charge in [-0.1, -0.05) is 6.07 Å².